The third-order valence-corrected chi connectivity index (χ3v) is 10.5. The average molecular weight is 417 g/mol. The van der Waals surface area contributed by atoms with Gasteiger partial charge < -0.3 is 4.74 Å². The van der Waals surface area contributed by atoms with Crippen LogP contribution in [0.1, 0.15) is 66.2 Å². The van der Waals surface area contributed by atoms with Crippen LogP contribution in [0, 0.1) is 40.4 Å². The van der Waals surface area contributed by atoms with Gasteiger partial charge in [-0.2, -0.15) is 0 Å². The predicted octanol–water partition coefficient (Wildman–Crippen LogP) is 4.56. The lowest BCUT2D eigenvalue weighted by Gasteiger charge is -2.60. The van der Waals surface area contributed by atoms with E-state index in [2.05, 4.69) is 13.8 Å². The number of rotatable bonds is 2. The summed E-state index contributed by atoms with van der Waals surface area (Å²) in [5.74, 6) is 2.35. The Morgan fingerprint density at radius 3 is 2.55 bits per heavy atom. The quantitative estimate of drug-likeness (QED) is 0.618. The van der Waals surface area contributed by atoms with Crippen molar-refractivity contribution in [2.45, 2.75) is 77.6 Å². The molecule has 0 radical (unpaired) electrons. The van der Waals surface area contributed by atoms with E-state index in [0.29, 0.717) is 29.5 Å². The summed E-state index contributed by atoms with van der Waals surface area (Å²) in [4.78, 5) is 36.4. The van der Waals surface area contributed by atoms with Crippen molar-refractivity contribution in [2.24, 2.45) is 40.4 Å². The molecule has 4 fully saturated rings. The maximum Gasteiger partial charge on any atom is 0.302 e. The van der Waals surface area contributed by atoms with Crippen LogP contribution < -0.4 is 0 Å². The number of esters is 1. The molecule has 9 atom stereocenters. The van der Waals surface area contributed by atoms with Crippen LogP contribution in [0.5, 0.6) is 0 Å². The first-order valence-electron chi connectivity index (χ1n) is 11.3. The van der Waals surface area contributed by atoms with Crippen molar-refractivity contribution in [3.63, 3.8) is 0 Å². The molecule has 0 bridgehead atoms. The summed E-state index contributed by atoms with van der Waals surface area (Å²) < 4.78 is 5.79. The van der Waals surface area contributed by atoms with Gasteiger partial charge in [0.25, 0.3) is 0 Å². The smallest absolute Gasteiger partial charge is 0.302 e. The largest absolute Gasteiger partial charge is 0.462 e. The molecule has 0 aromatic carbocycles. The predicted molar refractivity (Wildman–Crippen MR) is 112 cm³/mol. The zero-order valence-corrected chi connectivity index (χ0v) is 18.7. The molecule has 0 spiro atoms. The van der Waals surface area contributed by atoms with Gasteiger partial charge in [0.15, 0.2) is 10.9 Å². The molecule has 29 heavy (non-hydrogen) atoms. The Morgan fingerprint density at radius 1 is 1.10 bits per heavy atom. The van der Waals surface area contributed by atoms with Crippen molar-refractivity contribution in [1.29, 1.82) is 0 Å². The molecule has 158 valence electrons. The molecule has 5 heteroatoms. The molecule has 0 heterocycles. The number of allylic oxidation sites excluding steroid dienone is 1. The first-order chi connectivity index (χ1) is 13.7. The van der Waals surface area contributed by atoms with E-state index in [4.69, 9.17) is 4.74 Å². The minimum Gasteiger partial charge on any atom is -0.462 e. The highest BCUT2D eigenvalue weighted by Gasteiger charge is 2.68. The van der Waals surface area contributed by atoms with E-state index in [0.717, 1.165) is 38.5 Å². The van der Waals surface area contributed by atoms with Gasteiger partial charge >= 0.3 is 5.97 Å². The van der Waals surface area contributed by atoms with Crippen LogP contribution >= 0.6 is 11.8 Å². The second-order valence-electron chi connectivity index (χ2n) is 10.7. The van der Waals surface area contributed by atoms with Crippen LogP contribution in [0.15, 0.2) is 11.6 Å². The van der Waals surface area contributed by atoms with Gasteiger partial charge in [-0.15, -0.1) is 0 Å². The van der Waals surface area contributed by atoms with Crippen LogP contribution in [0.25, 0.3) is 0 Å². The Kier molecular flexibility index (Phi) is 4.41. The Bertz CT molecular complexity index is 818. The third-order valence-electron chi connectivity index (χ3n) is 9.43. The van der Waals surface area contributed by atoms with Gasteiger partial charge in [0.1, 0.15) is 6.10 Å². The molecule has 4 saturated carbocycles. The molecule has 5 aliphatic carbocycles. The van der Waals surface area contributed by atoms with Gasteiger partial charge in [0.2, 0.25) is 0 Å². The van der Waals surface area contributed by atoms with Gasteiger partial charge in [0.05, 0.1) is 0 Å². The standard InChI is InChI=1S/C24H32O4S/c1-12(25)28-21-6-5-16-22-17(7-8-23(16,21)3)24(4)14(10-20(22)29-13(2)26)9-19(27)15-11-18(15)24/h9,15-18,20-22H,5-8,10-11H2,1-4H3/t15-,16+,17+,18+,20+,21+,22+,23+,24+/m1/s1. The Hall–Kier alpha value is -1.10. The third kappa shape index (κ3) is 2.75. The number of carbonyl (C=O) groups is 3. The lowest BCUT2D eigenvalue weighted by atomic mass is 9.47. The molecular formula is C24H32O4S. The fourth-order valence-corrected chi connectivity index (χ4v) is 9.31. The van der Waals surface area contributed by atoms with Gasteiger partial charge in [-0.1, -0.05) is 31.2 Å². The molecule has 5 aliphatic rings. The molecule has 0 amide bonds. The molecule has 0 saturated heterocycles. The number of hydrogen-bond acceptors (Lipinski definition) is 5. The van der Waals surface area contributed by atoms with E-state index < -0.39 is 0 Å². The second-order valence-corrected chi connectivity index (χ2v) is 12.1. The van der Waals surface area contributed by atoms with Crippen molar-refractivity contribution in [2.75, 3.05) is 0 Å². The maximum atomic E-state index is 12.5. The normalized spacial score (nSPS) is 49.9. The Morgan fingerprint density at radius 2 is 1.86 bits per heavy atom. The van der Waals surface area contributed by atoms with E-state index in [-0.39, 0.29) is 39.2 Å². The summed E-state index contributed by atoms with van der Waals surface area (Å²) in [6, 6.07) is 0. The van der Waals surface area contributed by atoms with Crippen LogP contribution in [-0.4, -0.2) is 28.2 Å². The topological polar surface area (TPSA) is 60.4 Å². The molecule has 5 rings (SSSR count). The van der Waals surface area contributed by atoms with Gasteiger partial charge in [-0.25, -0.2) is 0 Å². The second kappa shape index (κ2) is 6.45. The van der Waals surface area contributed by atoms with Crippen LogP contribution in [0.2, 0.25) is 0 Å². The molecule has 0 aromatic heterocycles. The number of carbonyl (C=O) groups excluding carboxylic acids is 3. The highest BCUT2D eigenvalue weighted by Crippen LogP contribution is 2.72. The number of thioether (sulfide) groups is 1. The molecule has 0 unspecified atom stereocenters. The lowest BCUT2D eigenvalue weighted by molar-refractivity contribution is -0.157. The first kappa shape index (κ1) is 19.8. The number of fused-ring (bicyclic) bond motifs is 7. The number of ether oxygens (including phenoxy) is 1. The minimum atomic E-state index is -0.180. The van der Waals surface area contributed by atoms with E-state index in [9.17, 15) is 14.4 Å². The molecular weight excluding hydrogens is 384 g/mol. The maximum absolute atomic E-state index is 12.5. The van der Waals surface area contributed by atoms with Crippen molar-refractivity contribution in [3.8, 4) is 0 Å². The summed E-state index contributed by atoms with van der Waals surface area (Å²) in [5, 5.41) is 0.409. The number of hydrogen-bond donors (Lipinski definition) is 0. The van der Waals surface area contributed by atoms with Crippen molar-refractivity contribution < 1.29 is 19.1 Å². The minimum absolute atomic E-state index is 0.000260. The molecule has 4 nitrogen and oxygen atoms in total. The monoisotopic (exact) mass is 416 g/mol. The highest BCUT2D eigenvalue weighted by molar-refractivity contribution is 8.14. The lowest BCUT2D eigenvalue weighted by Crippen LogP contribution is -2.56. The molecule has 0 N–H and O–H groups in total. The van der Waals surface area contributed by atoms with E-state index >= 15 is 0 Å². The van der Waals surface area contributed by atoms with Crippen molar-refractivity contribution in [1.82, 2.24) is 0 Å². The summed E-state index contributed by atoms with van der Waals surface area (Å²) in [6.45, 7) is 7.93. The van der Waals surface area contributed by atoms with Crippen LogP contribution in [-0.2, 0) is 19.1 Å². The van der Waals surface area contributed by atoms with E-state index in [1.165, 1.54) is 24.3 Å². The summed E-state index contributed by atoms with van der Waals surface area (Å²) >= 11 is 1.50. The van der Waals surface area contributed by atoms with Crippen LogP contribution in [0.3, 0.4) is 0 Å². The van der Waals surface area contributed by atoms with Crippen molar-refractivity contribution >= 4 is 28.6 Å². The Balaban J connectivity index is 1.54. The van der Waals surface area contributed by atoms with E-state index in [1.54, 1.807) is 6.92 Å². The SMILES string of the molecule is CC(=O)O[C@H]1CC[C@H]2[C@@H]3[C@@H](SC(C)=O)CC4=CC(=O)[C@@H]5C[C@@H]5[C@]4(C)[C@H]3CC[C@]12C. The van der Waals surface area contributed by atoms with E-state index in [1.807, 2.05) is 6.08 Å². The summed E-state index contributed by atoms with van der Waals surface area (Å²) in [7, 11) is 0. The highest BCUT2D eigenvalue weighted by atomic mass is 32.2. The first-order valence-corrected chi connectivity index (χ1v) is 12.1. The van der Waals surface area contributed by atoms with Crippen molar-refractivity contribution in [3.05, 3.63) is 11.6 Å². The van der Waals surface area contributed by atoms with Gasteiger partial charge in [-0.3, -0.25) is 14.4 Å². The zero-order chi connectivity index (χ0) is 20.7. The fraction of sp³-hybridized carbons (Fsp3) is 0.792. The molecule has 0 aliphatic heterocycles. The Labute approximate surface area is 177 Å². The number of ketones is 1. The average Bonchev–Trinajstić information content (AvgIpc) is 3.38. The molecule has 0 aromatic rings. The van der Waals surface area contributed by atoms with Gasteiger partial charge in [0, 0.05) is 30.4 Å². The van der Waals surface area contributed by atoms with Gasteiger partial charge in [-0.05, 0) is 73.7 Å². The van der Waals surface area contributed by atoms with Crippen LogP contribution in [0.4, 0.5) is 0 Å². The fourth-order valence-electron chi connectivity index (χ4n) is 8.08. The zero-order valence-electron chi connectivity index (χ0n) is 17.9. The summed E-state index contributed by atoms with van der Waals surface area (Å²) in [6.07, 6.45) is 8.06. The summed E-state index contributed by atoms with van der Waals surface area (Å²) in [5.41, 5.74) is 1.44.